The van der Waals surface area contributed by atoms with Crippen LogP contribution in [0, 0.1) is 28.9 Å². The highest BCUT2D eigenvalue weighted by atomic mass is 19.1. The van der Waals surface area contributed by atoms with E-state index in [2.05, 4.69) is 38.3 Å². The fourth-order valence-corrected chi connectivity index (χ4v) is 6.35. The fourth-order valence-electron chi connectivity index (χ4n) is 6.35. The minimum Gasteiger partial charge on any atom is -0.385 e. The summed E-state index contributed by atoms with van der Waals surface area (Å²) < 4.78 is 38.1. The second-order valence-corrected chi connectivity index (χ2v) is 11.5. The van der Waals surface area contributed by atoms with Gasteiger partial charge in [0.2, 0.25) is 5.95 Å². The van der Waals surface area contributed by atoms with Crippen LogP contribution in [0.25, 0.3) is 16.8 Å². The van der Waals surface area contributed by atoms with Gasteiger partial charge in [0.25, 0.3) is 0 Å². The maximum atomic E-state index is 15.4. The molecule has 0 unspecified atom stereocenters. The SMILES string of the molecule is C[C@H]1CN(c2ccncc2Nc2ncc3ccc(-c4c(F)cc(C5(O)CCCC5)cc4F)nn23)C[C@@H](N)[C@H]1OCCC#N. The van der Waals surface area contributed by atoms with Crippen LogP contribution in [0.15, 0.2) is 48.9 Å². The molecular formula is C31H34F2N8O2. The zero-order chi connectivity index (χ0) is 30.1. The molecule has 10 nitrogen and oxygen atoms in total. The first kappa shape index (κ1) is 28.9. The smallest absolute Gasteiger partial charge is 0.229 e. The largest absolute Gasteiger partial charge is 0.385 e. The number of nitrogens with one attached hydrogen (secondary N) is 1. The lowest BCUT2D eigenvalue weighted by Gasteiger charge is -2.42. The number of anilines is 3. The van der Waals surface area contributed by atoms with E-state index >= 15 is 8.78 Å². The van der Waals surface area contributed by atoms with Gasteiger partial charge in [-0.3, -0.25) is 4.98 Å². The van der Waals surface area contributed by atoms with Crippen LogP contribution in [-0.2, 0) is 10.3 Å². The molecule has 12 heteroatoms. The Kier molecular flexibility index (Phi) is 7.96. The van der Waals surface area contributed by atoms with Crippen molar-refractivity contribution in [1.29, 1.82) is 5.26 Å². The van der Waals surface area contributed by atoms with Gasteiger partial charge >= 0.3 is 0 Å². The summed E-state index contributed by atoms with van der Waals surface area (Å²) in [6, 6.07) is 9.40. The highest BCUT2D eigenvalue weighted by Crippen LogP contribution is 2.40. The minimum atomic E-state index is -1.21. The molecule has 0 spiro atoms. The van der Waals surface area contributed by atoms with E-state index in [4.69, 9.17) is 15.7 Å². The summed E-state index contributed by atoms with van der Waals surface area (Å²) in [4.78, 5) is 10.9. The third-order valence-electron chi connectivity index (χ3n) is 8.48. The van der Waals surface area contributed by atoms with Gasteiger partial charge in [-0.1, -0.05) is 19.8 Å². The predicted molar refractivity (Wildman–Crippen MR) is 158 cm³/mol. The standard InChI is InChI=1S/C31H34F2N8O2/c1-19-17-40(18-24(35)29(19)43-12-4-10-34)27-7-11-36-16-26(27)38-30-37-15-21-5-6-25(39-41(21)30)28-22(32)13-20(14-23(28)33)31(42)8-2-3-9-31/h5-7,11,13-16,19,24,29,42H,2-4,8-9,12,17-18,35H2,1H3,(H,37,38)/t19-,24+,29-/m0/s1. The van der Waals surface area contributed by atoms with E-state index in [1.165, 1.54) is 16.6 Å². The summed E-state index contributed by atoms with van der Waals surface area (Å²) in [6.07, 6.45) is 7.75. The van der Waals surface area contributed by atoms with Crippen molar-refractivity contribution in [2.45, 2.75) is 56.8 Å². The van der Waals surface area contributed by atoms with Crippen molar-refractivity contribution >= 4 is 22.8 Å². The average Bonchev–Trinajstić information content (AvgIpc) is 3.61. The number of nitrogens with two attached hydrogens (primary N) is 1. The van der Waals surface area contributed by atoms with Crippen LogP contribution in [0.5, 0.6) is 0 Å². The quantitative estimate of drug-likeness (QED) is 0.251. The Morgan fingerprint density at radius 3 is 2.65 bits per heavy atom. The first-order valence-corrected chi connectivity index (χ1v) is 14.5. The van der Waals surface area contributed by atoms with Gasteiger partial charge in [-0.15, -0.1) is 0 Å². The van der Waals surface area contributed by atoms with Crippen LogP contribution in [0.4, 0.5) is 26.1 Å². The van der Waals surface area contributed by atoms with Crippen molar-refractivity contribution in [2.24, 2.45) is 11.7 Å². The number of imidazole rings is 1. The number of hydrogen-bond donors (Lipinski definition) is 3. The van der Waals surface area contributed by atoms with Gasteiger partial charge < -0.3 is 25.8 Å². The molecule has 224 valence electrons. The fraction of sp³-hybridized carbons (Fsp3) is 0.419. The molecule has 1 aromatic carbocycles. The average molecular weight is 589 g/mol. The van der Waals surface area contributed by atoms with E-state index in [9.17, 15) is 5.11 Å². The molecule has 43 heavy (non-hydrogen) atoms. The van der Waals surface area contributed by atoms with Crippen molar-refractivity contribution in [2.75, 3.05) is 29.9 Å². The molecule has 0 radical (unpaired) electrons. The maximum absolute atomic E-state index is 15.4. The molecule has 3 aromatic heterocycles. The number of rotatable bonds is 8. The van der Waals surface area contributed by atoms with Gasteiger partial charge in [0.05, 0.1) is 71.3 Å². The molecular weight excluding hydrogens is 554 g/mol. The lowest BCUT2D eigenvalue weighted by atomic mass is 9.90. The molecule has 0 bridgehead atoms. The van der Waals surface area contributed by atoms with E-state index in [-0.39, 0.29) is 34.9 Å². The van der Waals surface area contributed by atoms with E-state index in [1.54, 1.807) is 30.7 Å². The number of aromatic nitrogens is 4. The second-order valence-electron chi connectivity index (χ2n) is 11.5. The van der Waals surface area contributed by atoms with Gasteiger partial charge in [-0.25, -0.2) is 13.8 Å². The molecule has 1 aliphatic heterocycles. The number of pyridine rings is 1. The first-order chi connectivity index (χ1) is 20.8. The molecule has 6 rings (SSSR count). The highest BCUT2D eigenvalue weighted by Gasteiger charge is 2.35. The van der Waals surface area contributed by atoms with Crippen molar-refractivity contribution in [3.8, 4) is 17.3 Å². The molecule has 1 saturated carbocycles. The van der Waals surface area contributed by atoms with Crippen molar-refractivity contribution in [3.05, 3.63) is 66.1 Å². The summed E-state index contributed by atoms with van der Waals surface area (Å²) in [5, 5.41) is 27.5. The van der Waals surface area contributed by atoms with E-state index < -0.39 is 17.2 Å². The van der Waals surface area contributed by atoms with E-state index in [0.717, 1.165) is 18.5 Å². The molecule has 2 fully saturated rings. The summed E-state index contributed by atoms with van der Waals surface area (Å²) in [7, 11) is 0. The number of piperidine rings is 1. The Bertz CT molecular complexity index is 1630. The zero-order valence-corrected chi connectivity index (χ0v) is 23.9. The van der Waals surface area contributed by atoms with Crippen LogP contribution in [-0.4, -0.2) is 56.5 Å². The highest BCUT2D eigenvalue weighted by molar-refractivity contribution is 5.74. The number of halogens is 2. The topological polar surface area (TPSA) is 138 Å². The normalized spacial score (nSPS) is 21.7. The second kappa shape index (κ2) is 11.8. The number of aliphatic hydroxyl groups is 1. The van der Waals surface area contributed by atoms with E-state index in [1.807, 2.05) is 6.07 Å². The Balaban J connectivity index is 1.27. The van der Waals surface area contributed by atoms with Crippen molar-refractivity contribution in [1.82, 2.24) is 19.6 Å². The Labute approximate surface area is 248 Å². The molecule has 4 heterocycles. The van der Waals surface area contributed by atoms with Gasteiger partial charge in [0, 0.05) is 31.2 Å². The molecule has 4 aromatic rings. The lowest BCUT2D eigenvalue weighted by Crippen LogP contribution is -2.56. The Morgan fingerprint density at radius 2 is 1.93 bits per heavy atom. The number of nitriles is 1. The minimum absolute atomic E-state index is 0.0955. The summed E-state index contributed by atoms with van der Waals surface area (Å²) in [5.41, 5.74) is 7.53. The number of benzene rings is 1. The molecule has 3 atom stereocenters. The number of nitrogens with zero attached hydrogens (tertiary/aromatic N) is 6. The van der Waals surface area contributed by atoms with Gasteiger partial charge in [-0.2, -0.15) is 14.9 Å². The summed E-state index contributed by atoms with van der Waals surface area (Å²) in [5.74, 6) is -1.10. The monoisotopic (exact) mass is 588 g/mol. The summed E-state index contributed by atoms with van der Waals surface area (Å²) >= 11 is 0. The lowest BCUT2D eigenvalue weighted by molar-refractivity contribution is -0.00331. The Hall–Kier alpha value is -4.18. The third kappa shape index (κ3) is 5.63. The number of ether oxygens (including phenoxy) is 1. The van der Waals surface area contributed by atoms with Crippen LogP contribution in [0.3, 0.4) is 0 Å². The number of hydrogen-bond acceptors (Lipinski definition) is 9. The van der Waals surface area contributed by atoms with Crippen LogP contribution < -0.4 is 16.0 Å². The molecule has 2 aliphatic rings. The Morgan fingerprint density at radius 1 is 1.16 bits per heavy atom. The number of fused-ring (bicyclic) bond motifs is 1. The van der Waals surface area contributed by atoms with E-state index in [0.29, 0.717) is 56.1 Å². The molecule has 1 saturated heterocycles. The summed E-state index contributed by atoms with van der Waals surface area (Å²) in [6.45, 7) is 3.64. The van der Waals surface area contributed by atoms with Crippen LogP contribution >= 0.6 is 0 Å². The van der Waals surface area contributed by atoms with Crippen molar-refractivity contribution in [3.63, 3.8) is 0 Å². The molecule has 4 N–H and O–H groups in total. The van der Waals surface area contributed by atoms with Crippen LogP contribution in [0.2, 0.25) is 0 Å². The van der Waals surface area contributed by atoms with Gasteiger partial charge in [0.1, 0.15) is 11.6 Å². The predicted octanol–water partition coefficient (Wildman–Crippen LogP) is 4.66. The van der Waals surface area contributed by atoms with Crippen molar-refractivity contribution < 1.29 is 18.6 Å². The maximum Gasteiger partial charge on any atom is 0.229 e. The van der Waals surface area contributed by atoms with Crippen LogP contribution in [0.1, 0.15) is 44.6 Å². The first-order valence-electron chi connectivity index (χ1n) is 14.5. The molecule has 1 aliphatic carbocycles. The third-order valence-corrected chi connectivity index (χ3v) is 8.48. The molecule has 0 amide bonds. The van der Waals surface area contributed by atoms with Gasteiger partial charge in [0.15, 0.2) is 0 Å². The zero-order valence-electron chi connectivity index (χ0n) is 23.9. The van der Waals surface area contributed by atoms with Gasteiger partial charge in [-0.05, 0) is 48.7 Å².